The van der Waals surface area contributed by atoms with Crippen LogP contribution in [0.3, 0.4) is 0 Å². The van der Waals surface area contributed by atoms with Gasteiger partial charge in [-0.25, -0.2) is 0 Å². The molecule has 6 heteroatoms. The first-order valence-corrected chi connectivity index (χ1v) is 5.23. The number of hydrogen-bond acceptors (Lipinski definition) is 3. The Hall–Kier alpha value is -1.31. The van der Waals surface area contributed by atoms with E-state index in [0.29, 0.717) is 6.42 Å². The van der Waals surface area contributed by atoms with Gasteiger partial charge in [0.2, 0.25) is 0 Å². The van der Waals surface area contributed by atoms with Gasteiger partial charge in [0.05, 0.1) is 5.56 Å². The van der Waals surface area contributed by atoms with Crippen molar-refractivity contribution in [3.05, 3.63) is 21.9 Å². The molecule has 0 spiro atoms. The molecule has 4 nitrogen and oxygen atoms in total. The number of nitrogens with one attached hydrogen (secondary N) is 1. The quantitative estimate of drug-likeness (QED) is 0.843. The average Bonchev–Trinajstić information content (AvgIpc) is 2.21. The lowest BCUT2D eigenvalue weighted by atomic mass is 10.2. The van der Waals surface area contributed by atoms with E-state index in [1.165, 1.54) is 6.07 Å². The molecule has 1 atom stereocenters. The molecule has 1 N–H and O–H groups in total. The molecule has 1 amide bonds. The van der Waals surface area contributed by atoms with Crippen molar-refractivity contribution in [1.82, 2.24) is 15.5 Å². The van der Waals surface area contributed by atoms with Crippen LogP contribution in [0.4, 0.5) is 0 Å². The second-order valence-electron chi connectivity index (χ2n) is 3.15. The second kappa shape index (κ2) is 5.69. The van der Waals surface area contributed by atoms with Crippen molar-refractivity contribution < 1.29 is 4.79 Å². The summed E-state index contributed by atoms with van der Waals surface area (Å²) in [5, 5.41) is 9.84. The van der Waals surface area contributed by atoms with Gasteiger partial charge >= 0.3 is 0 Å². The van der Waals surface area contributed by atoms with Gasteiger partial charge in [-0.15, -0.1) is 22.5 Å². The fourth-order valence-electron chi connectivity index (χ4n) is 1.04. The Kier molecular flexibility index (Phi) is 4.53. The minimum atomic E-state index is -0.371. The number of carbonyl (C=O) groups is 1. The maximum atomic E-state index is 11.7. The summed E-state index contributed by atoms with van der Waals surface area (Å²) in [6, 6.07) is 1.22. The Labute approximate surface area is 103 Å². The molecule has 0 aromatic carbocycles. The third-order valence-corrected chi connectivity index (χ3v) is 2.23. The smallest absolute Gasteiger partial charge is 0.254 e. The SMILES string of the molecule is C#CCC(C)NC(=O)c1cc(Cl)nnc1Cl. The summed E-state index contributed by atoms with van der Waals surface area (Å²) in [5.74, 6) is 2.08. The largest absolute Gasteiger partial charge is 0.349 e. The molecule has 1 heterocycles. The fourth-order valence-corrected chi connectivity index (χ4v) is 1.37. The van der Waals surface area contributed by atoms with Crippen molar-refractivity contribution in [1.29, 1.82) is 0 Å². The van der Waals surface area contributed by atoms with Crippen molar-refractivity contribution in [3.63, 3.8) is 0 Å². The number of terminal acetylenes is 1. The molecule has 1 aromatic heterocycles. The zero-order valence-electron chi connectivity index (χ0n) is 8.50. The van der Waals surface area contributed by atoms with E-state index in [1.807, 2.05) is 0 Å². The summed E-state index contributed by atoms with van der Waals surface area (Å²) in [5.41, 5.74) is 0.186. The molecule has 1 aromatic rings. The minimum Gasteiger partial charge on any atom is -0.349 e. The van der Waals surface area contributed by atoms with E-state index in [2.05, 4.69) is 21.4 Å². The molecular weight excluding hydrogens is 249 g/mol. The average molecular weight is 258 g/mol. The standard InChI is InChI=1S/C10H9Cl2N3O/c1-3-4-6(2)13-10(16)7-5-8(11)14-15-9(7)12/h1,5-6H,4H2,2H3,(H,13,16). The number of amides is 1. The van der Waals surface area contributed by atoms with Crippen LogP contribution in [-0.2, 0) is 0 Å². The topological polar surface area (TPSA) is 54.9 Å². The van der Waals surface area contributed by atoms with Gasteiger partial charge < -0.3 is 5.32 Å². The highest BCUT2D eigenvalue weighted by Crippen LogP contribution is 2.15. The van der Waals surface area contributed by atoms with Gasteiger partial charge in [0, 0.05) is 12.5 Å². The number of aromatic nitrogens is 2. The van der Waals surface area contributed by atoms with E-state index >= 15 is 0 Å². The third kappa shape index (κ3) is 3.37. The Bertz CT molecular complexity index is 442. The molecule has 0 saturated heterocycles. The summed E-state index contributed by atoms with van der Waals surface area (Å²) in [6.45, 7) is 1.79. The summed E-state index contributed by atoms with van der Waals surface area (Å²) in [4.78, 5) is 11.7. The van der Waals surface area contributed by atoms with Crippen molar-refractivity contribution >= 4 is 29.1 Å². The Morgan fingerprint density at radius 1 is 1.62 bits per heavy atom. The van der Waals surface area contributed by atoms with E-state index in [1.54, 1.807) is 6.92 Å². The van der Waals surface area contributed by atoms with E-state index in [0.717, 1.165) is 0 Å². The molecule has 0 saturated carbocycles. The van der Waals surface area contributed by atoms with Crippen LogP contribution in [0.15, 0.2) is 6.07 Å². The first-order valence-electron chi connectivity index (χ1n) is 4.47. The van der Waals surface area contributed by atoms with Crippen LogP contribution in [0.1, 0.15) is 23.7 Å². The van der Waals surface area contributed by atoms with E-state index in [9.17, 15) is 4.79 Å². The van der Waals surface area contributed by atoms with Crippen LogP contribution in [0, 0.1) is 12.3 Å². The molecule has 0 bridgehead atoms. The van der Waals surface area contributed by atoms with Crippen molar-refractivity contribution in [2.45, 2.75) is 19.4 Å². The molecule has 0 aliphatic carbocycles. The lowest BCUT2D eigenvalue weighted by Gasteiger charge is -2.11. The van der Waals surface area contributed by atoms with Gasteiger partial charge in [0.1, 0.15) is 0 Å². The van der Waals surface area contributed by atoms with Crippen molar-refractivity contribution in [3.8, 4) is 12.3 Å². The van der Waals surface area contributed by atoms with Crippen molar-refractivity contribution in [2.75, 3.05) is 0 Å². The predicted molar refractivity (Wildman–Crippen MR) is 62.4 cm³/mol. The van der Waals surface area contributed by atoms with Gasteiger partial charge in [-0.1, -0.05) is 23.2 Å². The van der Waals surface area contributed by atoms with Gasteiger partial charge in [-0.05, 0) is 13.0 Å². The van der Waals surface area contributed by atoms with Crippen LogP contribution in [0.5, 0.6) is 0 Å². The van der Waals surface area contributed by atoms with Crippen LogP contribution in [0.2, 0.25) is 10.3 Å². The summed E-state index contributed by atoms with van der Waals surface area (Å²) in [6.07, 6.45) is 5.57. The monoisotopic (exact) mass is 257 g/mol. The lowest BCUT2D eigenvalue weighted by molar-refractivity contribution is 0.0940. The molecule has 16 heavy (non-hydrogen) atoms. The predicted octanol–water partition coefficient (Wildman–Crippen LogP) is 1.93. The molecule has 0 aliphatic rings. The van der Waals surface area contributed by atoms with Crippen LogP contribution in [0.25, 0.3) is 0 Å². The summed E-state index contributed by atoms with van der Waals surface area (Å²) < 4.78 is 0. The maximum absolute atomic E-state index is 11.7. The molecular formula is C10H9Cl2N3O. The highest BCUT2D eigenvalue weighted by atomic mass is 35.5. The Morgan fingerprint density at radius 3 is 2.94 bits per heavy atom. The van der Waals surface area contributed by atoms with Crippen molar-refractivity contribution in [2.24, 2.45) is 0 Å². The first-order chi connectivity index (χ1) is 7.54. The Morgan fingerprint density at radius 2 is 2.31 bits per heavy atom. The van der Waals surface area contributed by atoms with Crippen LogP contribution in [-0.4, -0.2) is 22.1 Å². The van der Waals surface area contributed by atoms with Crippen LogP contribution < -0.4 is 5.32 Å². The van der Waals surface area contributed by atoms with Gasteiger partial charge in [0.15, 0.2) is 10.3 Å². The first kappa shape index (κ1) is 12.8. The van der Waals surface area contributed by atoms with Gasteiger partial charge in [0.25, 0.3) is 5.91 Å². The zero-order chi connectivity index (χ0) is 12.1. The highest BCUT2D eigenvalue weighted by molar-refractivity contribution is 6.34. The zero-order valence-corrected chi connectivity index (χ0v) is 10.0. The highest BCUT2D eigenvalue weighted by Gasteiger charge is 2.14. The van der Waals surface area contributed by atoms with Gasteiger partial charge in [-0.3, -0.25) is 4.79 Å². The summed E-state index contributed by atoms with van der Waals surface area (Å²) in [7, 11) is 0. The molecule has 84 valence electrons. The number of carbonyl (C=O) groups excluding carboxylic acids is 1. The number of hydrogen-bond donors (Lipinski definition) is 1. The van der Waals surface area contributed by atoms with E-state index in [-0.39, 0.29) is 27.8 Å². The fraction of sp³-hybridized carbons (Fsp3) is 0.300. The molecule has 0 fully saturated rings. The third-order valence-electron chi connectivity index (χ3n) is 1.77. The number of rotatable bonds is 3. The maximum Gasteiger partial charge on any atom is 0.254 e. The number of nitrogens with zero attached hydrogens (tertiary/aromatic N) is 2. The van der Waals surface area contributed by atoms with Gasteiger partial charge in [-0.2, -0.15) is 0 Å². The normalized spacial score (nSPS) is 11.6. The molecule has 0 aliphatic heterocycles. The van der Waals surface area contributed by atoms with Crippen LogP contribution >= 0.6 is 23.2 Å². The molecule has 0 radical (unpaired) electrons. The second-order valence-corrected chi connectivity index (χ2v) is 3.90. The molecule has 1 rings (SSSR count). The number of halogens is 2. The Balaban J connectivity index is 2.81. The lowest BCUT2D eigenvalue weighted by Crippen LogP contribution is -2.32. The molecule has 1 unspecified atom stereocenters. The minimum absolute atomic E-state index is 0.00908. The summed E-state index contributed by atoms with van der Waals surface area (Å²) >= 11 is 11.3. The van der Waals surface area contributed by atoms with E-state index in [4.69, 9.17) is 29.6 Å². The van der Waals surface area contributed by atoms with E-state index < -0.39 is 0 Å².